The number of nitrogens with zero attached hydrogens (tertiary/aromatic N) is 4. The Morgan fingerprint density at radius 3 is 2.44 bits per heavy atom. The van der Waals surface area contributed by atoms with E-state index in [4.69, 9.17) is 5.73 Å². The van der Waals surface area contributed by atoms with E-state index >= 15 is 0 Å². The summed E-state index contributed by atoms with van der Waals surface area (Å²) in [4.78, 5) is 28.9. The SMILES string of the molecule is Cn1nc(C(C)(C)C)cc1C(=O)N1CCCN(S(=O)(=O)c2cccs2)C1C(=O)NC1CCC(N)CC1. The lowest BCUT2D eigenvalue weighted by Crippen LogP contribution is -2.64. The zero-order valence-electron chi connectivity index (χ0n) is 21.3. The summed E-state index contributed by atoms with van der Waals surface area (Å²) >= 11 is 1.09. The van der Waals surface area contributed by atoms with Crippen molar-refractivity contribution in [3.05, 3.63) is 35.0 Å². The van der Waals surface area contributed by atoms with Gasteiger partial charge in [0.25, 0.3) is 21.8 Å². The molecule has 1 unspecified atom stereocenters. The Labute approximate surface area is 216 Å². The molecule has 2 aromatic heterocycles. The van der Waals surface area contributed by atoms with Crippen molar-refractivity contribution in [1.82, 2.24) is 24.3 Å². The van der Waals surface area contributed by atoms with Crippen molar-refractivity contribution in [2.24, 2.45) is 12.8 Å². The number of aryl methyl sites for hydroxylation is 1. The first-order valence-electron chi connectivity index (χ1n) is 12.4. The smallest absolute Gasteiger partial charge is 0.273 e. The Balaban J connectivity index is 1.69. The molecule has 3 N–H and O–H groups in total. The predicted octanol–water partition coefficient (Wildman–Crippen LogP) is 2.03. The van der Waals surface area contributed by atoms with E-state index in [0.29, 0.717) is 12.1 Å². The van der Waals surface area contributed by atoms with Crippen LogP contribution in [0.2, 0.25) is 0 Å². The van der Waals surface area contributed by atoms with E-state index < -0.39 is 28.0 Å². The van der Waals surface area contributed by atoms with Crippen LogP contribution in [0.4, 0.5) is 0 Å². The number of sulfonamides is 1. The molecule has 3 heterocycles. The second kappa shape index (κ2) is 10.2. The van der Waals surface area contributed by atoms with E-state index in [1.54, 1.807) is 24.6 Å². The normalized spacial score (nSPS) is 24.0. The summed E-state index contributed by atoms with van der Waals surface area (Å²) in [6, 6.07) is 4.92. The highest BCUT2D eigenvalue weighted by Gasteiger charge is 2.45. The highest BCUT2D eigenvalue weighted by atomic mass is 32.2. The lowest BCUT2D eigenvalue weighted by Gasteiger charge is -2.42. The van der Waals surface area contributed by atoms with Crippen molar-refractivity contribution in [3.8, 4) is 0 Å². The fourth-order valence-corrected chi connectivity index (χ4v) is 7.49. The highest BCUT2D eigenvalue weighted by molar-refractivity contribution is 7.91. The lowest BCUT2D eigenvalue weighted by molar-refractivity contribution is -0.132. The molecular formula is C24H36N6O4S2. The first-order valence-corrected chi connectivity index (χ1v) is 14.7. The Morgan fingerprint density at radius 2 is 1.86 bits per heavy atom. The second-order valence-corrected chi connectivity index (χ2v) is 13.7. The lowest BCUT2D eigenvalue weighted by atomic mass is 9.91. The molecular weight excluding hydrogens is 500 g/mol. The van der Waals surface area contributed by atoms with Gasteiger partial charge in [0, 0.05) is 37.6 Å². The number of hydrogen-bond donors (Lipinski definition) is 2. The third-order valence-electron chi connectivity index (χ3n) is 6.88. The first kappa shape index (κ1) is 26.8. The molecule has 2 aromatic rings. The van der Waals surface area contributed by atoms with Gasteiger partial charge in [-0.15, -0.1) is 11.3 Å². The molecule has 2 fully saturated rings. The molecule has 4 rings (SSSR count). The van der Waals surface area contributed by atoms with Gasteiger partial charge in [-0.2, -0.15) is 9.40 Å². The zero-order chi connectivity index (χ0) is 26.3. The van der Waals surface area contributed by atoms with Gasteiger partial charge in [0.15, 0.2) is 6.17 Å². The Hall–Kier alpha value is -2.28. The topological polar surface area (TPSA) is 131 Å². The monoisotopic (exact) mass is 536 g/mol. The van der Waals surface area contributed by atoms with Crippen molar-refractivity contribution in [2.45, 2.75) is 80.7 Å². The van der Waals surface area contributed by atoms with Crippen LogP contribution in [0.25, 0.3) is 0 Å². The molecule has 1 aliphatic carbocycles. The fourth-order valence-electron chi connectivity index (χ4n) is 4.78. The minimum absolute atomic E-state index is 0.105. The van der Waals surface area contributed by atoms with Crippen molar-refractivity contribution in [2.75, 3.05) is 13.1 Å². The van der Waals surface area contributed by atoms with Gasteiger partial charge in [0.1, 0.15) is 9.90 Å². The molecule has 0 aromatic carbocycles. The number of carbonyl (C=O) groups is 2. The maximum atomic E-state index is 13.8. The van der Waals surface area contributed by atoms with Crippen LogP contribution < -0.4 is 11.1 Å². The van der Waals surface area contributed by atoms with E-state index in [9.17, 15) is 18.0 Å². The number of aromatic nitrogens is 2. The van der Waals surface area contributed by atoms with Crippen LogP contribution in [0.1, 0.15) is 69.1 Å². The number of thiophene rings is 1. The summed E-state index contributed by atoms with van der Waals surface area (Å²) in [7, 11) is -2.30. The van der Waals surface area contributed by atoms with Gasteiger partial charge in [-0.05, 0) is 49.6 Å². The van der Waals surface area contributed by atoms with Crippen LogP contribution in [0.5, 0.6) is 0 Å². The molecule has 2 amide bonds. The third kappa shape index (κ3) is 5.36. The molecule has 10 nitrogen and oxygen atoms in total. The maximum Gasteiger partial charge on any atom is 0.273 e. The summed E-state index contributed by atoms with van der Waals surface area (Å²) in [6.07, 6.45) is 2.16. The van der Waals surface area contributed by atoms with Crippen LogP contribution in [0, 0.1) is 0 Å². The maximum absolute atomic E-state index is 13.8. The van der Waals surface area contributed by atoms with Crippen LogP contribution >= 0.6 is 11.3 Å². The van der Waals surface area contributed by atoms with Gasteiger partial charge < -0.3 is 16.0 Å². The largest absolute Gasteiger partial charge is 0.350 e. The first-order chi connectivity index (χ1) is 16.9. The summed E-state index contributed by atoms with van der Waals surface area (Å²) in [5.74, 6) is -0.903. The number of amides is 2. The Bertz CT molecular complexity index is 1190. The summed E-state index contributed by atoms with van der Waals surface area (Å²) < 4.78 is 30.0. The summed E-state index contributed by atoms with van der Waals surface area (Å²) in [5.41, 5.74) is 6.80. The van der Waals surface area contributed by atoms with E-state index in [1.807, 2.05) is 20.8 Å². The van der Waals surface area contributed by atoms with Crippen molar-refractivity contribution in [3.63, 3.8) is 0 Å². The van der Waals surface area contributed by atoms with Gasteiger partial charge in [-0.3, -0.25) is 14.3 Å². The minimum Gasteiger partial charge on any atom is -0.350 e. The van der Waals surface area contributed by atoms with Gasteiger partial charge >= 0.3 is 0 Å². The molecule has 1 aliphatic heterocycles. The van der Waals surface area contributed by atoms with Gasteiger partial charge in [0.2, 0.25) is 0 Å². The molecule has 1 atom stereocenters. The number of rotatable bonds is 5. The van der Waals surface area contributed by atoms with Crippen LogP contribution in [-0.4, -0.2) is 70.6 Å². The third-order valence-corrected chi connectivity index (χ3v) is 10.1. The number of nitrogens with one attached hydrogen (secondary N) is 1. The highest BCUT2D eigenvalue weighted by Crippen LogP contribution is 2.29. The van der Waals surface area contributed by atoms with Crippen molar-refractivity contribution in [1.29, 1.82) is 0 Å². The van der Waals surface area contributed by atoms with Crippen LogP contribution in [0.15, 0.2) is 27.8 Å². The number of nitrogens with two attached hydrogens (primary N) is 1. The van der Waals surface area contributed by atoms with Gasteiger partial charge in [-0.1, -0.05) is 26.8 Å². The molecule has 0 radical (unpaired) electrons. The molecule has 198 valence electrons. The molecule has 1 saturated heterocycles. The molecule has 0 spiro atoms. The van der Waals surface area contributed by atoms with Crippen LogP contribution in [0.3, 0.4) is 0 Å². The van der Waals surface area contributed by atoms with E-state index in [1.165, 1.54) is 20.0 Å². The van der Waals surface area contributed by atoms with Gasteiger partial charge in [-0.25, -0.2) is 8.42 Å². The Kier molecular flexibility index (Phi) is 7.61. The van der Waals surface area contributed by atoms with Crippen LogP contribution in [-0.2, 0) is 27.3 Å². The average Bonchev–Trinajstić information content (AvgIpc) is 3.50. The van der Waals surface area contributed by atoms with E-state index in [2.05, 4.69) is 10.4 Å². The average molecular weight is 537 g/mol. The Morgan fingerprint density at radius 1 is 1.17 bits per heavy atom. The molecule has 0 bridgehead atoms. The second-order valence-electron chi connectivity index (χ2n) is 10.7. The number of hydrogen-bond acceptors (Lipinski definition) is 7. The minimum atomic E-state index is -3.98. The molecule has 1 saturated carbocycles. The number of carbonyl (C=O) groups excluding carboxylic acids is 2. The summed E-state index contributed by atoms with van der Waals surface area (Å²) in [6.45, 7) is 6.43. The van der Waals surface area contributed by atoms with Crippen molar-refractivity contribution < 1.29 is 18.0 Å². The van der Waals surface area contributed by atoms with E-state index in [0.717, 1.165) is 42.7 Å². The van der Waals surface area contributed by atoms with Gasteiger partial charge in [0.05, 0.1) is 5.69 Å². The molecule has 2 aliphatic rings. The fraction of sp³-hybridized carbons (Fsp3) is 0.625. The summed E-state index contributed by atoms with van der Waals surface area (Å²) in [5, 5.41) is 9.21. The van der Waals surface area contributed by atoms with Crippen molar-refractivity contribution >= 4 is 33.2 Å². The zero-order valence-corrected chi connectivity index (χ0v) is 22.9. The van der Waals surface area contributed by atoms with E-state index in [-0.39, 0.29) is 34.8 Å². The quantitative estimate of drug-likeness (QED) is 0.601. The standard InChI is InChI=1S/C24H36N6O4S2/c1-24(2,3)19-15-18(28(4)27-19)23(32)29-12-6-13-30(36(33,34)20-7-5-14-35-20)22(29)21(31)26-17-10-8-16(25)9-11-17/h5,7,14-17,22H,6,8-13,25H2,1-4H3,(H,26,31). The predicted molar refractivity (Wildman–Crippen MR) is 138 cm³/mol. The molecule has 36 heavy (non-hydrogen) atoms. The molecule has 12 heteroatoms.